The van der Waals surface area contributed by atoms with Gasteiger partial charge in [-0.25, -0.2) is 0 Å². The van der Waals surface area contributed by atoms with Crippen LogP contribution in [0.25, 0.3) is 0 Å². The predicted molar refractivity (Wildman–Crippen MR) is 91.3 cm³/mol. The Labute approximate surface area is 130 Å². The van der Waals surface area contributed by atoms with Crippen molar-refractivity contribution in [3.8, 4) is 0 Å². The zero-order valence-corrected chi connectivity index (χ0v) is 14.3. The van der Waals surface area contributed by atoms with Gasteiger partial charge in [-0.05, 0) is 57.2 Å². The van der Waals surface area contributed by atoms with Gasteiger partial charge in [-0.2, -0.15) is 0 Å². The molecule has 1 fully saturated rings. The molecule has 0 saturated heterocycles. The van der Waals surface area contributed by atoms with E-state index in [1.165, 1.54) is 36.9 Å². The zero-order chi connectivity index (χ0) is 15.3. The molecular formula is C19H32N2. The van der Waals surface area contributed by atoms with E-state index >= 15 is 0 Å². The van der Waals surface area contributed by atoms with Crippen LogP contribution in [-0.2, 0) is 13.1 Å². The highest BCUT2D eigenvalue weighted by Crippen LogP contribution is 2.27. The molecule has 0 aliphatic heterocycles. The monoisotopic (exact) mass is 288 g/mol. The molecule has 0 radical (unpaired) electrons. The fourth-order valence-electron chi connectivity index (χ4n) is 2.81. The Morgan fingerprint density at radius 3 is 2.48 bits per heavy atom. The molecule has 118 valence electrons. The molecule has 2 nitrogen and oxygen atoms in total. The maximum absolute atomic E-state index is 3.57. The maximum atomic E-state index is 3.57. The van der Waals surface area contributed by atoms with Crippen LogP contribution in [0.3, 0.4) is 0 Å². The third-order valence-electron chi connectivity index (χ3n) is 4.41. The van der Waals surface area contributed by atoms with Crippen molar-refractivity contribution in [2.24, 2.45) is 5.92 Å². The lowest BCUT2D eigenvalue weighted by Gasteiger charge is -2.31. The number of hydrogen-bond acceptors (Lipinski definition) is 2. The summed E-state index contributed by atoms with van der Waals surface area (Å²) in [5.74, 6) is 0.954. The van der Waals surface area contributed by atoms with Crippen LogP contribution in [0.15, 0.2) is 24.3 Å². The Balaban J connectivity index is 1.89. The van der Waals surface area contributed by atoms with E-state index < -0.39 is 0 Å². The summed E-state index contributed by atoms with van der Waals surface area (Å²) in [6.07, 6.45) is 4.31. The number of nitrogens with one attached hydrogen (secondary N) is 1. The minimum absolute atomic E-state index is 0.176. The first-order chi connectivity index (χ1) is 9.96. The van der Waals surface area contributed by atoms with E-state index in [-0.39, 0.29) is 5.54 Å². The van der Waals surface area contributed by atoms with Crippen LogP contribution in [0.1, 0.15) is 58.1 Å². The highest BCUT2D eigenvalue weighted by Gasteiger charge is 2.20. The summed E-state index contributed by atoms with van der Waals surface area (Å²) in [4.78, 5) is 2.60. The third kappa shape index (κ3) is 5.80. The van der Waals surface area contributed by atoms with Gasteiger partial charge in [-0.3, -0.25) is 4.90 Å². The summed E-state index contributed by atoms with van der Waals surface area (Å²) in [6.45, 7) is 13.4. The average molecular weight is 288 g/mol. The standard InChI is InChI=1S/C19H32N2/c1-5-21(14-16-8-6-9-16)15-18-11-7-10-17(12-18)13-20-19(2,3)4/h7,10-12,16,20H,5-6,8-9,13-15H2,1-4H3. The van der Waals surface area contributed by atoms with E-state index in [4.69, 9.17) is 0 Å². The first kappa shape index (κ1) is 16.5. The summed E-state index contributed by atoms with van der Waals surface area (Å²) in [6, 6.07) is 9.06. The number of rotatable bonds is 7. The van der Waals surface area contributed by atoms with Crippen molar-refractivity contribution < 1.29 is 0 Å². The summed E-state index contributed by atoms with van der Waals surface area (Å²) in [7, 11) is 0. The van der Waals surface area contributed by atoms with Gasteiger partial charge in [0.25, 0.3) is 0 Å². The van der Waals surface area contributed by atoms with Crippen LogP contribution in [0.5, 0.6) is 0 Å². The van der Waals surface area contributed by atoms with Gasteiger partial charge >= 0.3 is 0 Å². The Morgan fingerprint density at radius 1 is 1.19 bits per heavy atom. The van der Waals surface area contributed by atoms with Crippen molar-refractivity contribution in [3.05, 3.63) is 35.4 Å². The lowest BCUT2D eigenvalue weighted by molar-refractivity contribution is 0.178. The highest BCUT2D eigenvalue weighted by atomic mass is 15.1. The SMILES string of the molecule is CCN(Cc1cccc(CNC(C)(C)C)c1)CC1CCC1. The average Bonchev–Trinajstić information content (AvgIpc) is 2.39. The van der Waals surface area contributed by atoms with Crippen molar-refractivity contribution in [2.75, 3.05) is 13.1 Å². The Hall–Kier alpha value is -0.860. The molecule has 1 N–H and O–H groups in total. The van der Waals surface area contributed by atoms with Gasteiger partial charge in [-0.1, -0.05) is 37.6 Å². The second-order valence-electron chi connectivity index (χ2n) is 7.55. The fourth-order valence-corrected chi connectivity index (χ4v) is 2.81. The summed E-state index contributed by atoms with van der Waals surface area (Å²) in [5.41, 5.74) is 3.02. The Morgan fingerprint density at radius 2 is 1.90 bits per heavy atom. The van der Waals surface area contributed by atoms with Crippen LogP contribution in [-0.4, -0.2) is 23.5 Å². The molecular weight excluding hydrogens is 256 g/mol. The van der Waals surface area contributed by atoms with Crippen molar-refractivity contribution in [3.63, 3.8) is 0 Å². The molecule has 1 saturated carbocycles. The molecule has 21 heavy (non-hydrogen) atoms. The molecule has 1 aliphatic rings. The molecule has 2 heteroatoms. The van der Waals surface area contributed by atoms with Crippen LogP contribution in [0.4, 0.5) is 0 Å². The quantitative estimate of drug-likeness (QED) is 0.809. The molecule has 0 atom stereocenters. The van der Waals surface area contributed by atoms with E-state index in [1.54, 1.807) is 0 Å². The molecule has 0 aromatic heterocycles. The molecule has 1 aliphatic carbocycles. The summed E-state index contributed by atoms with van der Waals surface area (Å²) < 4.78 is 0. The van der Waals surface area contributed by atoms with Gasteiger partial charge in [0.1, 0.15) is 0 Å². The number of benzene rings is 1. The van der Waals surface area contributed by atoms with Crippen molar-refractivity contribution >= 4 is 0 Å². The Bertz CT molecular complexity index is 429. The van der Waals surface area contributed by atoms with E-state index in [1.807, 2.05) is 0 Å². The minimum atomic E-state index is 0.176. The smallest absolute Gasteiger partial charge is 0.0233 e. The second kappa shape index (κ2) is 7.42. The van der Waals surface area contributed by atoms with Gasteiger partial charge < -0.3 is 5.32 Å². The number of hydrogen-bond donors (Lipinski definition) is 1. The van der Waals surface area contributed by atoms with Gasteiger partial charge in [0, 0.05) is 25.2 Å². The van der Waals surface area contributed by atoms with E-state index in [2.05, 4.69) is 62.2 Å². The summed E-state index contributed by atoms with van der Waals surface area (Å²) in [5, 5.41) is 3.57. The van der Waals surface area contributed by atoms with Crippen LogP contribution in [0, 0.1) is 5.92 Å². The molecule has 2 rings (SSSR count). The largest absolute Gasteiger partial charge is 0.308 e. The normalized spacial score (nSPS) is 16.2. The lowest BCUT2D eigenvalue weighted by Crippen LogP contribution is -2.35. The minimum Gasteiger partial charge on any atom is -0.308 e. The van der Waals surface area contributed by atoms with Crippen LogP contribution < -0.4 is 5.32 Å². The predicted octanol–water partition coefficient (Wildman–Crippen LogP) is 4.20. The maximum Gasteiger partial charge on any atom is 0.0233 e. The first-order valence-electron chi connectivity index (χ1n) is 8.51. The molecule has 0 amide bonds. The topological polar surface area (TPSA) is 15.3 Å². The Kier molecular flexibility index (Phi) is 5.83. The van der Waals surface area contributed by atoms with E-state index in [9.17, 15) is 0 Å². The zero-order valence-electron chi connectivity index (χ0n) is 14.3. The molecule has 0 unspecified atom stereocenters. The highest BCUT2D eigenvalue weighted by molar-refractivity contribution is 5.23. The van der Waals surface area contributed by atoms with Crippen molar-refractivity contribution in [1.82, 2.24) is 10.2 Å². The fraction of sp³-hybridized carbons (Fsp3) is 0.684. The van der Waals surface area contributed by atoms with Gasteiger partial charge in [0.15, 0.2) is 0 Å². The van der Waals surface area contributed by atoms with E-state index in [0.29, 0.717) is 0 Å². The van der Waals surface area contributed by atoms with E-state index in [0.717, 1.165) is 25.6 Å². The first-order valence-corrected chi connectivity index (χ1v) is 8.51. The lowest BCUT2D eigenvalue weighted by atomic mass is 9.85. The van der Waals surface area contributed by atoms with Gasteiger partial charge in [0.2, 0.25) is 0 Å². The van der Waals surface area contributed by atoms with Gasteiger partial charge in [0.05, 0.1) is 0 Å². The number of nitrogens with zero attached hydrogens (tertiary/aromatic N) is 1. The second-order valence-corrected chi connectivity index (χ2v) is 7.55. The van der Waals surface area contributed by atoms with Crippen molar-refractivity contribution in [1.29, 1.82) is 0 Å². The summed E-state index contributed by atoms with van der Waals surface area (Å²) >= 11 is 0. The molecule has 0 spiro atoms. The molecule has 0 heterocycles. The van der Waals surface area contributed by atoms with Crippen LogP contribution >= 0.6 is 0 Å². The van der Waals surface area contributed by atoms with Crippen LogP contribution in [0.2, 0.25) is 0 Å². The van der Waals surface area contributed by atoms with Crippen molar-refractivity contribution in [2.45, 2.75) is 65.6 Å². The molecule has 1 aromatic carbocycles. The van der Waals surface area contributed by atoms with Gasteiger partial charge in [-0.15, -0.1) is 0 Å². The third-order valence-corrected chi connectivity index (χ3v) is 4.41. The molecule has 1 aromatic rings. The molecule has 0 bridgehead atoms.